The Hall–Kier alpha value is -4.82. The van der Waals surface area contributed by atoms with Crippen molar-refractivity contribution in [2.45, 2.75) is 116 Å². The number of hydrogen-bond donors (Lipinski definition) is 8. The zero-order valence-electron chi connectivity index (χ0n) is 32.5. The van der Waals surface area contributed by atoms with Crippen molar-refractivity contribution in [3.63, 3.8) is 0 Å². The van der Waals surface area contributed by atoms with E-state index in [2.05, 4.69) is 26.6 Å². The van der Waals surface area contributed by atoms with Gasteiger partial charge in [-0.25, -0.2) is 4.79 Å². The minimum atomic E-state index is -1.18. The molecule has 2 rings (SSSR count). The first-order chi connectivity index (χ1) is 25.5. The summed E-state index contributed by atoms with van der Waals surface area (Å²) in [7, 11) is 0. The van der Waals surface area contributed by atoms with Gasteiger partial charge in [-0.1, -0.05) is 102 Å². The van der Waals surface area contributed by atoms with Crippen molar-refractivity contribution < 1.29 is 33.9 Å². The molecule has 14 nitrogen and oxygen atoms in total. The number of amides is 5. The number of carbonyl (C=O) groups excluding carboxylic acids is 5. The van der Waals surface area contributed by atoms with E-state index < -0.39 is 83.6 Å². The summed E-state index contributed by atoms with van der Waals surface area (Å²) in [6.45, 7) is 11.0. The number of hydrogen-bond acceptors (Lipinski definition) is 8. The van der Waals surface area contributed by atoms with Gasteiger partial charge >= 0.3 is 5.97 Å². The summed E-state index contributed by atoms with van der Waals surface area (Å²) < 4.78 is 0. The molecular weight excluding hydrogens is 690 g/mol. The number of unbranched alkanes of at least 4 members (excludes halogenated alkanes) is 1. The number of carboxylic acid groups (broad SMARTS) is 1. The predicted octanol–water partition coefficient (Wildman–Crippen LogP) is 1.79. The van der Waals surface area contributed by atoms with Gasteiger partial charge in [-0.15, -0.1) is 0 Å². The molecule has 2 aromatic carbocycles. The third-order valence-electron chi connectivity index (χ3n) is 8.95. The van der Waals surface area contributed by atoms with Gasteiger partial charge in [-0.05, 0) is 67.5 Å². The lowest BCUT2D eigenvalue weighted by atomic mass is 9.98. The molecule has 0 spiro atoms. The number of carbonyl (C=O) groups is 6. The third-order valence-corrected chi connectivity index (χ3v) is 8.95. The second kappa shape index (κ2) is 23.1. The molecule has 0 aliphatic carbocycles. The van der Waals surface area contributed by atoms with Crippen LogP contribution in [0.15, 0.2) is 60.7 Å². The maximum atomic E-state index is 13.9. The molecular formula is C40H61N7O7. The third kappa shape index (κ3) is 15.7. The van der Waals surface area contributed by atoms with Gasteiger partial charge in [0.1, 0.15) is 30.2 Å². The van der Waals surface area contributed by atoms with Crippen molar-refractivity contribution in [3.05, 3.63) is 71.8 Å². The zero-order valence-corrected chi connectivity index (χ0v) is 32.5. The molecule has 0 aromatic heterocycles. The molecule has 0 saturated carbocycles. The lowest BCUT2D eigenvalue weighted by molar-refractivity contribution is -0.143. The minimum absolute atomic E-state index is 0.00582. The average molecular weight is 752 g/mol. The van der Waals surface area contributed by atoms with Crippen molar-refractivity contribution in [1.29, 1.82) is 0 Å². The standard InChI is InChI=1S/C40H61N7O7/c1-24(2)21-32(40(53)54)45-36(49)30(19-13-14-20-41)43-38(51)33(25(3)4)47-39(52)34(26(5)6)46-37(50)31(23-28-17-11-8-12-18-28)44-35(48)29(42)22-27-15-9-7-10-16-27/h7-12,15-18,24-26,29-34H,13-14,19-23,41-42H2,1-6H3,(H,43,51)(H,44,48)(H,45,49)(H,46,50)(H,47,52)(H,53,54)/t29-,30-,31-,32-,33-,34-/m1/s1. The van der Waals surface area contributed by atoms with Crippen LogP contribution in [-0.4, -0.2) is 83.4 Å². The Morgan fingerprint density at radius 3 is 1.50 bits per heavy atom. The van der Waals surface area contributed by atoms with Gasteiger partial charge in [-0.2, -0.15) is 0 Å². The topological polar surface area (TPSA) is 235 Å². The van der Waals surface area contributed by atoms with E-state index in [4.69, 9.17) is 11.5 Å². The van der Waals surface area contributed by atoms with Crippen LogP contribution in [0.2, 0.25) is 0 Å². The predicted molar refractivity (Wildman–Crippen MR) is 208 cm³/mol. The van der Waals surface area contributed by atoms with Crippen LogP contribution in [0, 0.1) is 17.8 Å². The number of benzene rings is 2. The molecule has 14 heteroatoms. The quantitative estimate of drug-likeness (QED) is 0.0772. The van der Waals surface area contributed by atoms with Crippen molar-refractivity contribution >= 4 is 35.5 Å². The highest BCUT2D eigenvalue weighted by Crippen LogP contribution is 2.12. The Kier molecular flexibility index (Phi) is 19.4. The molecule has 54 heavy (non-hydrogen) atoms. The summed E-state index contributed by atoms with van der Waals surface area (Å²) in [5.74, 6) is -5.11. The smallest absolute Gasteiger partial charge is 0.326 e. The summed E-state index contributed by atoms with van der Waals surface area (Å²) in [5.41, 5.74) is 13.5. The summed E-state index contributed by atoms with van der Waals surface area (Å²) >= 11 is 0. The Labute approximate surface area is 319 Å². The van der Waals surface area contributed by atoms with Gasteiger partial charge in [0.2, 0.25) is 29.5 Å². The fraction of sp³-hybridized carbons (Fsp3) is 0.550. The normalized spacial score (nSPS) is 14.6. The maximum Gasteiger partial charge on any atom is 0.326 e. The number of rotatable bonds is 23. The molecule has 2 aromatic rings. The molecule has 298 valence electrons. The fourth-order valence-corrected chi connectivity index (χ4v) is 5.85. The molecule has 0 aliphatic heterocycles. The van der Waals surface area contributed by atoms with E-state index in [0.29, 0.717) is 19.4 Å². The molecule has 0 heterocycles. The van der Waals surface area contributed by atoms with Crippen LogP contribution < -0.4 is 38.1 Å². The molecule has 6 atom stereocenters. The number of nitrogens with one attached hydrogen (secondary N) is 5. The van der Waals surface area contributed by atoms with Gasteiger partial charge in [0, 0.05) is 6.42 Å². The van der Waals surface area contributed by atoms with Crippen LogP contribution in [0.4, 0.5) is 0 Å². The Bertz CT molecular complexity index is 1500. The van der Waals surface area contributed by atoms with Gasteiger partial charge in [0.05, 0.1) is 6.04 Å². The Morgan fingerprint density at radius 1 is 0.574 bits per heavy atom. The number of carboxylic acids is 1. The molecule has 0 aliphatic rings. The average Bonchev–Trinajstić information content (AvgIpc) is 3.11. The van der Waals surface area contributed by atoms with Crippen LogP contribution in [0.1, 0.15) is 78.4 Å². The second-order valence-electron chi connectivity index (χ2n) is 14.9. The first kappa shape index (κ1) is 45.3. The van der Waals surface area contributed by atoms with Crippen LogP contribution in [0.5, 0.6) is 0 Å². The van der Waals surface area contributed by atoms with Crippen LogP contribution in [0.25, 0.3) is 0 Å². The van der Waals surface area contributed by atoms with E-state index in [1.54, 1.807) is 27.7 Å². The monoisotopic (exact) mass is 751 g/mol. The summed E-state index contributed by atoms with van der Waals surface area (Å²) in [4.78, 5) is 79.8. The van der Waals surface area contributed by atoms with Gasteiger partial charge in [-0.3, -0.25) is 24.0 Å². The lowest BCUT2D eigenvalue weighted by Crippen LogP contribution is -2.61. The van der Waals surface area contributed by atoms with E-state index in [0.717, 1.165) is 11.1 Å². The van der Waals surface area contributed by atoms with Crippen molar-refractivity contribution in [2.75, 3.05) is 6.54 Å². The Morgan fingerprint density at radius 2 is 1.02 bits per heavy atom. The number of aliphatic carboxylic acids is 1. The first-order valence-electron chi connectivity index (χ1n) is 18.8. The summed E-state index contributed by atoms with van der Waals surface area (Å²) in [6, 6.07) is 12.0. The molecule has 0 fully saturated rings. The molecule has 0 unspecified atom stereocenters. The first-order valence-corrected chi connectivity index (χ1v) is 18.8. The maximum absolute atomic E-state index is 13.9. The van der Waals surface area contributed by atoms with Crippen LogP contribution in [0.3, 0.4) is 0 Å². The van der Waals surface area contributed by atoms with Crippen LogP contribution >= 0.6 is 0 Å². The SMILES string of the molecule is CC(C)C[C@@H](NC(=O)[C@@H](CCCCN)NC(=O)[C@H](NC(=O)[C@H](NC(=O)[C@@H](Cc1ccccc1)NC(=O)[C@H](N)Cc1ccccc1)C(C)C)C(C)C)C(=O)O. The molecule has 5 amide bonds. The number of nitrogens with two attached hydrogens (primary N) is 2. The van der Waals surface area contributed by atoms with E-state index in [9.17, 15) is 33.9 Å². The van der Waals surface area contributed by atoms with Crippen LogP contribution in [-0.2, 0) is 41.6 Å². The van der Waals surface area contributed by atoms with E-state index in [-0.39, 0.29) is 31.6 Å². The van der Waals surface area contributed by atoms with Gasteiger partial charge < -0.3 is 43.2 Å². The van der Waals surface area contributed by atoms with Crippen molar-refractivity contribution in [3.8, 4) is 0 Å². The van der Waals surface area contributed by atoms with E-state index in [1.807, 2.05) is 74.5 Å². The van der Waals surface area contributed by atoms with E-state index in [1.165, 1.54) is 0 Å². The summed E-state index contributed by atoms with van der Waals surface area (Å²) in [5, 5.41) is 23.3. The van der Waals surface area contributed by atoms with E-state index >= 15 is 0 Å². The second-order valence-corrected chi connectivity index (χ2v) is 14.9. The highest BCUT2D eigenvalue weighted by atomic mass is 16.4. The lowest BCUT2D eigenvalue weighted by Gasteiger charge is -2.30. The van der Waals surface area contributed by atoms with Crippen molar-refractivity contribution in [1.82, 2.24) is 26.6 Å². The minimum Gasteiger partial charge on any atom is -0.480 e. The Balaban J connectivity index is 2.25. The molecule has 0 saturated heterocycles. The fourth-order valence-electron chi connectivity index (χ4n) is 5.85. The zero-order chi connectivity index (χ0) is 40.4. The molecule has 0 radical (unpaired) electrons. The largest absolute Gasteiger partial charge is 0.480 e. The highest BCUT2D eigenvalue weighted by Gasteiger charge is 2.35. The molecule has 0 bridgehead atoms. The molecule has 10 N–H and O–H groups in total. The van der Waals surface area contributed by atoms with Gasteiger partial charge in [0.15, 0.2) is 0 Å². The van der Waals surface area contributed by atoms with Gasteiger partial charge in [0.25, 0.3) is 0 Å². The highest BCUT2D eigenvalue weighted by molar-refractivity contribution is 5.96. The summed E-state index contributed by atoms with van der Waals surface area (Å²) in [6.07, 6.45) is 1.88. The van der Waals surface area contributed by atoms with Crippen molar-refractivity contribution in [2.24, 2.45) is 29.2 Å².